The molecule has 3 heterocycles. The Bertz CT molecular complexity index is 1010. The van der Waals surface area contributed by atoms with Crippen LogP contribution in [-0.2, 0) is 17.8 Å². The lowest BCUT2D eigenvalue weighted by atomic mass is 9.85. The van der Waals surface area contributed by atoms with E-state index in [-0.39, 0.29) is 30.5 Å². The van der Waals surface area contributed by atoms with Gasteiger partial charge in [0.2, 0.25) is 18.3 Å². The summed E-state index contributed by atoms with van der Waals surface area (Å²) in [6.45, 7) is 1.04. The maximum absolute atomic E-state index is 15.3. The van der Waals surface area contributed by atoms with Crippen LogP contribution >= 0.6 is 0 Å². The molecule has 160 valence electrons. The highest BCUT2D eigenvalue weighted by Crippen LogP contribution is 2.56. The van der Waals surface area contributed by atoms with E-state index in [2.05, 4.69) is 4.90 Å². The standard InChI is InChI=1S/C22H24FNO6/c1-24-8-7-12-15(20(27-4)22-21(16(12)23)29-10-30-22)17(24)19-11-5-6-14(25-2)18(26-3)13(11)9-28-19/h5-6,17,19H,7-10H2,1-4H3/t17-,19+/m1/s1. The van der Waals surface area contributed by atoms with Crippen molar-refractivity contribution in [3.8, 4) is 28.7 Å². The maximum Gasteiger partial charge on any atom is 0.231 e. The Kier molecular flexibility index (Phi) is 4.63. The number of fused-ring (bicyclic) bond motifs is 3. The molecule has 3 aliphatic rings. The monoisotopic (exact) mass is 417 g/mol. The zero-order valence-corrected chi connectivity index (χ0v) is 17.4. The van der Waals surface area contributed by atoms with Crippen LogP contribution in [0.1, 0.15) is 34.4 Å². The summed E-state index contributed by atoms with van der Waals surface area (Å²) in [7, 11) is 6.81. The maximum atomic E-state index is 15.3. The Morgan fingerprint density at radius 2 is 1.77 bits per heavy atom. The van der Waals surface area contributed by atoms with Crippen molar-refractivity contribution in [1.82, 2.24) is 4.90 Å². The number of methoxy groups -OCH3 is 3. The first-order valence-electron chi connectivity index (χ1n) is 9.84. The molecule has 0 bridgehead atoms. The third-order valence-electron chi connectivity index (χ3n) is 6.23. The molecule has 0 aliphatic carbocycles. The minimum Gasteiger partial charge on any atom is -0.493 e. The lowest BCUT2D eigenvalue weighted by molar-refractivity contribution is -0.00513. The fourth-order valence-electron chi connectivity index (χ4n) is 4.86. The number of likely N-dealkylation sites (N-methyl/N-ethyl adjacent to an activating group) is 1. The molecule has 0 N–H and O–H groups in total. The molecule has 0 unspecified atom stereocenters. The highest BCUT2D eigenvalue weighted by Gasteiger charge is 2.44. The van der Waals surface area contributed by atoms with Crippen molar-refractivity contribution in [2.75, 3.05) is 41.7 Å². The molecular formula is C22H24FNO6. The topological polar surface area (TPSA) is 58.6 Å². The second kappa shape index (κ2) is 7.21. The van der Waals surface area contributed by atoms with Gasteiger partial charge in [0.15, 0.2) is 23.1 Å². The summed E-state index contributed by atoms with van der Waals surface area (Å²) in [5.74, 6) is 1.91. The zero-order chi connectivity index (χ0) is 21.0. The first-order valence-corrected chi connectivity index (χ1v) is 9.84. The van der Waals surface area contributed by atoms with E-state index >= 15 is 4.39 Å². The van der Waals surface area contributed by atoms with Gasteiger partial charge in [0.1, 0.15) is 6.10 Å². The predicted octanol–water partition coefficient (Wildman–Crippen LogP) is 3.38. The number of halogens is 1. The van der Waals surface area contributed by atoms with Crippen molar-refractivity contribution in [1.29, 1.82) is 0 Å². The van der Waals surface area contributed by atoms with Crippen molar-refractivity contribution in [3.63, 3.8) is 0 Å². The van der Waals surface area contributed by atoms with Gasteiger partial charge in [-0.25, -0.2) is 4.39 Å². The van der Waals surface area contributed by atoms with E-state index in [0.29, 0.717) is 48.1 Å². The van der Waals surface area contributed by atoms with Crippen molar-refractivity contribution in [3.05, 3.63) is 40.2 Å². The zero-order valence-electron chi connectivity index (χ0n) is 17.4. The van der Waals surface area contributed by atoms with Crippen LogP contribution in [0, 0.1) is 5.82 Å². The molecule has 7 nitrogen and oxygen atoms in total. The van der Waals surface area contributed by atoms with Crippen LogP contribution in [-0.4, -0.2) is 46.6 Å². The molecule has 2 aromatic rings. The first kappa shape index (κ1) is 19.3. The quantitative estimate of drug-likeness (QED) is 0.756. The van der Waals surface area contributed by atoms with E-state index < -0.39 is 0 Å². The summed E-state index contributed by atoms with van der Waals surface area (Å²) in [5.41, 5.74) is 3.29. The average Bonchev–Trinajstić information content (AvgIpc) is 3.41. The Balaban J connectivity index is 1.68. The van der Waals surface area contributed by atoms with Gasteiger partial charge in [0.25, 0.3) is 0 Å². The lowest BCUT2D eigenvalue weighted by Gasteiger charge is -2.39. The van der Waals surface area contributed by atoms with E-state index in [1.54, 1.807) is 21.3 Å². The number of hydrogen-bond donors (Lipinski definition) is 0. The third-order valence-corrected chi connectivity index (χ3v) is 6.23. The van der Waals surface area contributed by atoms with Crippen molar-refractivity contribution in [2.24, 2.45) is 0 Å². The van der Waals surface area contributed by atoms with Gasteiger partial charge < -0.3 is 28.4 Å². The summed E-state index contributed by atoms with van der Waals surface area (Å²) < 4.78 is 49.3. The number of nitrogens with zero attached hydrogens (tertiary/aromatic N) is 1. The number of rotatable bonds is 4. The summed E-state index contributed by atoms with van der Waals surface area (Å²) >= 11 is 0. The second-order valence-electron chi connectivity index (χ2n) is 7.58. The van der Waals surface area contributed by atoms with Crippen molar-refractivity contribution in [2.45, 2.75) is 25.2 Å². The highest BCUT2D eigenvalue weighted by atomic mass is 19.1. The Morgan fingerprint density at radius 1 is 1.00 bits per heavy atom. The van der Waals surface area contributed by atoms with Gasteiger partial charge in [-0.05, 0) is 25.1 Å². The average molecular weight is 417 g/mol. The molecule has 0 spiro atoms. The van der Waals surface area contributed by atoms with Crippen LogP contribution < -0.4 is 23.7 Å². The minimum absolute atomic E-state index is 0.0221. The molecule has 2 atom stereocenters. The van der Waals surface area contributed by atoms with Crippen LogP contribution in [0.15, 0.2) is 12.1 Å². The summed E-state index contributed by atoms with van der Waals surface area (Å²) in [4.78, 5) is 2.17. The molecule has 3 aliphatic heterocycles. The van der Waals surface area contributed by atoms with Crippen LogP contribution in [0.2, 0.25) is 0 Å². The Hall–Kier alpha value is -2.71. The number of benzene rings is 2. The van der Waals surface area contributed by atoms with Gasteiger partial charge in [0.05, 0.1) is 34.0 Å². The number of ether oxygens (including phenoxy) is 6. The van der Waals surface area contributed by atoms with Crippen LogP contribution in [0.25, 0.3) is 0 Å². The largest absolute Gasteiger partial charge is 0.493 e. The van der Waals surface area contributed by atoms with Crippen LogP contribution in [0.4, 0.5) is 4.39 Å². The van der Waals surface area contributed by atoms with Gasteiger partial charge in [-0.1, -0.05) is 6.07 Å². The molecule has 8 heteroatoms. The fraction of sp³-hybridized carbons (Fsp3) is 0.455. The highest BCUT2D eigenvalue weighted by molar-refractivity contribution is 5.63. The van der Waals surface area contributed by atoms with Gasteiger partial charge >= 0.3 is 0 Å². The summed E-state index contributed by atoms with van der Waals surface area (Å²) in [5, 5.41) is 0. The van der Waals surface area contributed by atoms with Gasteiger partial charge in [-0.3, -0.25) is 4.90 Å². The van der Waals surface area contributed by atoms with E-state index in [1.807, 2.05) is 19.2 Å². The summed E-state index contributed by atoms with van der Waals surface area (Å²) in [6.07, 6.45) is 0.227. The van der Waals surface area contributed by atoms with Gasteiger partial charge in [-0.2, -0.15) is 0 Å². The predicted molar refractivity (Wildman–Crippen MR) is 105 cm³/mol. The Morgan fingerprint density at radius 3 is 2.50 bits per heavy atom. The molecule has 0 saturated carbocycles. The third kappa shape index (κ3) is 2.56. The van der Waals surface area contributed by atoms with Crippen LogP contribution in [0.5, 0.6) is 28.7 Å². The second-order valence-corrected chi connectivity index (χ2v) is 7.58. The number of hydrogen-bond acceptors (Lipinski definition) is 7. The lowest BCUT2D eigenvalue weighted by Crippen LogP contribution is -2.36. The fourth-order valence-corrected chi connectivity index (χ4v) is 4.86. The van der Waals surface area contributed by atoms with Crippen LogP contribution in [0.3, 0.4) is 0 Å². The normalized spacial score (nSPS) is 21.9. The smallest absolute Gasteiger partial charge is 0.231 e. The molecule has 0 radical (unpaired) electrons. The van der Waals surface area contributed by atoms with Crippen molar-refractivity contribution >= 4 is 0 Å². The van der Waals surface area contributed by atoms with E-state index in [4.69, 9.17) is 28.4 Å². The molecule has 5 rings (SSSR count). The molecular weight excluding hydrogens is 393 g/mol. The SMILES string of the molecule is COc1ccc2c(c1OC)CO[C@@H]2[C@H]1c2c(c(F)c3c(c2OC)OCO3)CCN1C. The minimum atomic E-state index is -0.373. The van der Waals surface area contributed by atoms with Gasteiger partial charge in [-0.15, -0.1) is 0 Å². The van der Waals surface area contributed by atoms with E-state index in [0.717, 1.165) is 16.7 Å². The molecule has 0 aromatic heterocycles. The molecule has 0 amide bonds. The van der Waals surface area contributed by atoms with E-state index in [9.17, 15) is 0 Å². The van der Waals surface area contributed by atoms with E-state index in [1.165, 1.54) is 0 Å². The molecule has 0 fully saturated rings. The Labute approximate surface area is 174 Å². The molecule has 2 aromatic carbocycles. The molecule has 30 heavy (non-hydrogen) atoms. The summed E-state index contributed by atoms with van der Waals surface area (Å²) in [6, 6.07) is 3.61. The van der Waals surface area contributed by atoms with Crippen molar-refractivity contribution < 1.29 is 32.8 Å². The first-order chi connectivity index (χ1) is 14.6. The molecule has 0 saturated heterocycles. The van der Waals surface area contributed by atoms with Gasteiger partial charge in [0, 0.05) is 23.2 Å².